The molecule has 1 amide bonds. The maximum absolute atomic E-state index is 12.1. The molecule has 0 aliphatic rings. The zero-order chi connectivity index (χ0) is 20.6. The normalized spacial score (nSPS) is 11.1. The predicted octanol–water partition coefficient (Wildman–Crippen LogP) is 3.25. The third kappa shape index (κ3) is 7.05. The highest BCUT2D eigenvalue weighted by molar-refractivity contribution is 7.92. The topological polar surface area (TPSA) is 75.7 Å². The maximum Gasteiger partial charge on any atom is 0.232 e. The van der Waals surface area contributed by atoms with E-state index in [9.17, 15) is 13.2 Å². The highest BCUT2D eigenvalue weighted by atomic mass is 35.5. The molecule has 0 aliphatic heterocycles. The molecule has 0 saturated carbocycles. The first-order chi connectivity index (χ1) is 13.3. The minimum absolute atomic E-state index is 0.0999. The van der Waals surface area contributed by atoms with Crippen molar-refractivity contribution < 1.29 is 17.9 Å². The van der Waals surface area contributed by atoms with Gasteiger partial charge in [0.25, 0.3) is 0 Å². The molecule has 6 nitrogen and oxygen atoms in total. The summed E-state index contributed by atoms with van der Waals surface area (Å²) in [5.41, 5.74) is 1.64. The van der Waals surface area contributed by atoms with Crippen LogP contribution in [0, 0.1) is 0 Å². The number of halogens is 1. The second-order valence-corrected chi connectivity index (χ2v) is 8.71. The second-order valence-electron chi connectivity index (χ2n) is 6.36. The first kappa shape index (κ1) is 22.0. The highest BCUT2D eigenvalue weighted by Gasteiger charge is 2.17. The predicted molar refractivity (Wildman–Crippen MR) is 113 cm³/mol. The third-order valence-corrected chi connectivity index (χ3v) is 5.62. The lowest BCUT2D eigenvalue weighted by Gasteiger charge is -2.22. The lowest BCUT2D eigenvalue weighted by molar-refractivity contribution is -0.121. The fraction of sp³-hybridized carbons (Fsp3) is 0.350. The molecule has 0 spiro atoms. The number of amides is 1. The zero-order valence-corrected chi connectivity index (χ0v) is 17.6. The van der Waals surface area contributed by atoms with Crippen LogP contribution in [0.4, 0.5) is 5.69 Å². The fourth-order valence-corrected chi connectivity index (χ4v) is 3.80. The summed E-state index contributed by atoms with van der Waals surface area (Å²) in [4.78, 5) is 12.0. The van der Waals surface area contributed by atoms with Crippen LogP contribution >= 0.6 is 11.6 Å². The molecule has 2 aromatic carbocycles. The van der Waals surface area contributed by atoms with Crippen molar-refractivity contribution in [2.24, 2.45) is 0 Å². The van der Waals surface area contributed by atoms with Crippen LogP contribution in [0.2, 0.25) is 5.02 Å². The van der Waals surface area contributed by atoms with Crippen molar-refractivity contribution in [2.45, 2.75) is 19.3 Å². The van der Waals surface area contributed by atoms with Gasteiger partial charge in [-0.3, -0.25) is 9.10 Å². The van der Waals surface area contributed by atoms with Gasteiger partial charge in [-0.1, -0.05) is 23.7 Å². The molecular formula is C20H25ClN2O4S. The van der Waals surface area contributed by atoms with Crippen LogP contribution in [0.1, 0.15) is 18.4 Å². The van der Waals surface area contributed by atoms with Crippen molar-refractivity contribution in [3.8, 4) is 5.75 Å². The molecule has 0 fully saturated rings. The van der Waals surface area contributed by atoms with E-state index in [1.54, 1.807) is 31.4 Å². The van der Waals surface area contributed by atoms with Gasteiger partial charge in [-0.25, -0.2) is 8.42 Å². The molecule has 2 aromatic rings. The van der Waals surface area contributed by atoms with Gasteiger partial charge in [0.1, 0.15) is 5.75 Å². The Kier molecular flexibility index (Phi) is 8.14. The Labute approximate surface area is 171 Å². The minimum atomic E-state index is -3.44. The monoisotopic (exact) mass is 424 g/mol. The SMILES string of the molecule is COc1ccc(N(CCCC(=O)NCCc2ccc(Cl)cc2)S(C)(=O)=O)cc1. The summed E-state index contributed by atoms with van der Waals surface area (Å²) in [5.74, 6) is 0.550. The molecule has 0 heterocycles. The van der Waals surface area contributed by atoms with Crippen LogP contribution in [0.25, 0.3) is 0 Å². The van der Waals surface area contributed by atoms with Crippen LogP contribution in [0.3, 0.4) is 0 Å². The summed E-state index contributed by atoms with van der Waals surface area (Å²) in [5, 5.41) is 3.54. The Morgan fingerprint density at radius 2 is 1.75 bits per heavy atom. The van der Waals surface area contributed by atoms with E-state index in [-0.39, 0.29) is 18.9 Å². The molecule has 0 atom stereocenters. The van der Waals surface area contributed by atoms with Crippen LogP contribution < -0.4 is 14.4 Å². The molecule has 0 aliphatic carbocycles. The van der Waals surface area contributed by atoms with Crippen LogP contribution in [0.15, 0.2) is 48.5 Å². The molecule has 8 heteroatoms. The Hall–Kier alpha value is -2.25. The Balaban J connectivity index is 1.80. The van der Waals surface area contributed by atoms with Crippen molar-refractivity contribution in [2.75, 3.05) is 30.8 Å². The average Bonchev–Trinajstić information content (AvgIpc) is 2.66. The molecule has 0 saturated heterocycles. The molecule has 0 bridgehead atoms. The molecule has 152 valence electrons. The van der Waals surface area contributed by atoms with E-state index in [0.29, 0.717) is 35.8 Å². The first-order valence-corrected chi connectivity index (χ1v) is 11.1. The fourth-order valence-electron chi connectivity index (χ4n) is 2.70. The number of methoxy groups -OCH3 is 1. The van der Waals surface area contributed by atoms with Crippen molar-refractivity contribution in [1.29, 1.82) is 0 Å². The lowest BCUT2D eigenvalue weighted by Crippen LogP contribution is -2.32. The number of ether oxygens (including phenoxy) is 1. The number of benzene rings is 2. The van der Waals surface area contributed by atoms with Gasteiger partial charge >= 0.3 is 0 Å². The van der Waals surface area contributed by atoms with Gasteiger partial charge in [0.2, 0.25) is 15.9 Å². The molecule has 1 N–H and O–H groups in total. The molecule has 0 unspecified atom stereocenters. The van der Waals surface area contributed by atoms with E-state index in [4.69, 9.17) is 16.3 Å². The van der Waals surface area contributed by atoms with E-state index in [0.717, 1.165) is 11.8 Å². The summed E-state index contributed by atoms with van der Waals surface area (Å²) < 4.78 is 30.6. The van der Waals surface area contributed by atoms with Crippen molar-refractivity contribution in [1.82, 2.24) is 5.32 Å². The van der Waals surface area contributed by atoms with Gasteiger partial charge in [-0.15, -0.1) is 0 Å². The number of anilines is 1. The number of hydrogen-bond acceptors (Lipinski definition) is 4. The summed E-state index contributed by atoms with van der Waals surface area (Å²) in [6.07, 6.45) is 2.54. The van der Waals surface area contributed by atoms with Crippen molar-refractivity contribution >= 4 is 33.2 Å². The number of rotatable bonds is 10. The largest absolute Gasteiger partial charge is 0.497 e. The lowest BCUT2D eigenvalue weighted by atomic mass is 10.1. The van der Waals surface area contributed by atoms with Crippen LogP contribution in [0.5, 0.6) is 5.75 Å². The Morgan fingerprint density at radius 3 is 2.32 bits per heavy atom. The number of hydrogen-bond donors (Lipinski definition) is 1. The van der Waals surface area contributed by atoms with Gasteiger partial charge in [-0.05, 0) is 54.8 Å². The quantitative estimate of drug-likeness (QED) is 0.635. The minimum Gasteiger partial charge on any atom is -0.497 e. The standard InChI is InChI=1S/C20H25ClN2O4S/c1-27-19-11-9-18(10-12-19)23(28(2,25)26)15-3-4-20(24)22-14-13-16-5-7-17(21)8-6-16/h5-12H,3-4,13-15H2,1-2H3,(H,22,24). The molecule has 2 rings (SSSR count). The molecule has 0 radical (unpaired) electrons. The Bertz CT molecular complexity index is 868. The highest BCUT2D eigenvalue weighted by Crippen LogP contribution is 2.21. The third-order valence-electron chi connectivity index (χ3n) is 4.17. The zero-order valence-electron chi connectivity index (χ0n) is 16.0. The number of sulfonamides is 1. The van der Waals surface area contributed by atoms with E-state index in [2.05, 4.69) is 5.32 Å². The van der Waals surface area contributed by atoms with Crippen molar-refractivity contribution in [3.63, 3.8) is 0 Å². The number of carbonyl (C=O) groups excluding carboxylic acids is 1. The van der Waals surface area contributed by atoms with Crippen LogP contribution in [-0.4, -0.2) is 40.8 Å². The summed E-state index contributed by atoms with van der Waals surface area (Å²) in [7, 11) is -1.89. The average molecular weight is 425 g/mol. The van der Waals surface area contributed by atoms with E-state index in [1.807, 2.05) is 24.3 Å². The number of nitrogens with one attached hydrogen (secondary N) is 1. The van der Waals surface area contributed by atoms with Gasteiger partial charge in [-0.2, -0.15) is 0 Å². The molecule has 0 aromatic heterocycles. The first-order valence-electron chi connectivity index (χ1n) is 8.92. The summed E-state index contributed by atoms with van der Waals surface area (Å²) >= 11 is 5.85. The summed E-state index contributed by atoms with van der Waals surface area (Å²) in [6.45, 7) is 0.754. The van der Waals surface area contributed by atoms with E-state index >= 15 is 0 Å². The van der Waals surface area contributed by atoms with Crippen LogP contribution in [-0.2, 0) is 21.2 Å². The molecular weight excluding hydrogens is 400 g/mol. The van der Waals surface area contributed by atoms with Crippen molar-refractivity contribution in [3.05, 3.63) is 59.1 Å². The van der Waals surface area contributed by atoms with E-state index in [1.165, 1.54) is 4.31 Å². The van der Waals surface area contributed by atoms with Gasteiger partial charge in [0, 0.05) is 24.5 Å². The van der Waals surface area contributed by atoms with Gasteiger partial charge in [0.05, 0.1) is 19.1 Å². The van der Waals surface area contributed by atoms with Gasteiger partial charge in [0.15, 0.2) is 0 Å². The number of carbonyl (C=O) groups is 1. The Morgan fingerprint density at radius 1 is 1.11 bits per heavy atom. The molecule has 28 heavy (non-hydrogen) atoms. The maximum atomic E-state index is 12.1. The van der Waals surface area contributed by atoms with E-state index < -0.39 is 10.0 Å². The number of nitrogens with zero attached hydrogens (tertiary/aromatic N) is 1. The van der Waals surface area contributed by atoms with Gasteiger partial charge < -0.3 is 10.1 Å². The smallest absolute Gasteiger partial charge is 0.232 e. The summed E-state index contributed by atoms with van der Waals surface area (Å²) in [6, 6.07) is 14.3. The second kappa shape index (κ2) is 10.3.